The Bertz CT molecular complexity index is 404. The van der Waals surface area contributed by atoms with E-state index >= 15 is 0 Å². The number of phenols is 1. The molecule has 0 radical (unpaired) electrons. The van der Waals surface area contributed by atoms with Gasteiger partial charge in [-0.2, -0.15) is 8.42 Å². The third kappa shape index (κ3) is 3.05. The summed E-state index contributed by atoms with van der Waals surface area (Å²) >= 11 is 0. The van der Waals surface area contributed by atoms with Gasteiger partial charge in [0.05, 0.1) is 4.90 Å². The summed E-state index contributed by atoms with van der Waals surface area (Å²) in [5, 5.41) is 8.93. The van der Waals surface area contributed by atoms with E-state index in [9.17, 15) is 8.42 Å². The van der Waals surface area contributed by atoms with Gasteiger partial charge in [-0.3, -0.25) is 4.55 Å². The predicted octanol–water partition coefficient (Wildman–Crippen LogP) is -1.94. The number of aryl methyl sites for hydroxylation is 1. The molecule has 0 saturated carbocycles. The average molecular weight is 196 g/mol. The van der Waals surface area contributed by atoms with E-state index in [0.717, 1.165) is 6.07 Å². The molecular weight excluding hydrogens is 187 g/mol. The van der Waals surface area contributed by atoms with Gasteiger partial charge in [0.1, 0.15) is 5.75 Å². The molecule has 0 saturated heterocycles. The molecule has 0 amide bonds. The van der Waals surface area contributed by atoms with E-state index in [4.69, 9.17) is 9.66 Å². The Morgan fingerprint density at radius 3 is 2.31 bits per heavy atom. The van der Waals surface area contributed by atoms with Crippen LogP contribution in [0, 0.1) is 6.92 Å². The van der Waals surface area contributed by atoms with Crippen LogP contribution in [0.1, 0.15) is 6.99 Å². The molecule has 0 bridgehead atoms. The molecule has 0 aromatic heterocycles. The second-order valence-corrected chi connectivity index (χ2v) is 3.81. The summed E-state index contributed by atoms with van der Waals surface area (Å²) in [4.78, 5) is -0.180. The van der Waals surface area contributed by atoms with Crippen molar-refractivity contribution < 1.29 is 38.4 Å². The Hall–Kier alpha value is -0.473. The summed E-state index contributed by atoms with van der Waals surface area (Å²) in [6, 6.07) is 3.62. The number of hydrogen-bond donors (Lipinski definition) is 2. The molecule has 6 heteroatoms. The molecule has 1 aromatic carbocycles. The Labute approximate surface area is 90.0 Å². The van der Waals surface area contributed by atoms with Crippen molar-refractivity contribution in [1.29, 1.82) is 0 Å². The Morgan fingerprint density at radius 1 is 1.38 bits per heavy atom. The fourth-order valence-electron chi connectivity index (χ4n) is 0.923. The smallest absolute Gasteiger partial charge is 1.00 e. The van der Waals surface area contributed by atoms with Crippen LogP contribution < -0.4 is 18.9 Å². The molecule has 0 unspecified atom stereocenters. The van der Waals surface area contributed by atoms with E-state index in [0.29, 0.717) is 5.56 Å². The summed E-state index contributed by atoms with van der Waals surface area (Å²) in [6.07, 6.45) is 0. The molecule has 0 aliphatic rings. The van der Waals surface area contributed by atoms with E-state index < -0.39 is 10.1 Å². The van der Waals surface area contributed by atoms with Crippen LogP contribution in [0.2, 0.25) is 0 Å². The number of rotatable bonds is 1. The van der Waals surface area contributed by atoms with E-state index in [2.05, 4.69) is 0 Å². The third-order valence-corrected chi connectivity index (χ3v) is 2.45. The average Bonchev–Trinajstić information content (AvgIpc) is 1.83. The fraction of sp³-hybridized carbons (Fsp3) is 0.143. The molecule has 0 aliphatic carbocycles. The van der Waals surface area contributed by atoms with Crippen molar-refractivity contribution in [2.75, 3.05) is 0 Å². The Kier molecular flexibility index (Phi) is 4.01. The molecular formula is C7H9LiO4S. The maximum atomic E-state index is 10.6. The minimum Gasteiger partial charge on any atom is -1.00 e. The quantitative estimate of drug-likeness (QED) is 0.405. The van der Waals surface area contributed by atoms with Crippen LogP contribution >= 0.6 is 0 Å². The summed E-state index contributed by atoms with van der Waals surface area (Å²) in [7, 11) is -4.16. The largest absolute Gasteiger partial charge is 1.00 e. The van der Waals surface area contributed by atoms with Gasteiger partial charge in [-0.1, -0.05) is 0 Å². The summed E-state index contributed by atoms with van der Waals surface area (Å²) in [5.41, 5.74) is 0.317. The van der Waals surface area contributed by atoms with E-state index in [-0.39, 0.29) is 30.9 Å². The van der Waals surface area contributed by atoms with Crippen LogP contribution in [0.15, 0.2) is 23.1 Å². The van der Waals surface area contributed by atoms with Gasteiger partial charge in [0.15, 0.2) is 0 Å². The summed E-state index contributed by atoms with van der Waals surface area (Å²) < 4.78 is 29.9. The summed E-state index contributed by atoms with van der Waals surface area (Å²) in [5.74, 6) is -0.0279. The third-order valence-electron chi connectivity index (χ3n) is 1.44. The van der Waals surface area contributed by atoms with Crippen molar-refractivity contribution in [3.8, 4) is 5.75 Å². The predicted molar refractivity (Wildman–Crippen MR) is 43.8 cm³/mol. The van der Waals surface area contributed by atoms with Crippen molar-refractivity contribution >= 4 is 10.1 Å². The standard InChI is InChI=1S/C7H8O4S.Li.H/c1-5-4-6(8)2-3-7(5)12(9,10)11;;/h2-4,8H,1H3,(H,9,10,11);;/q;+1;-1. The maximum Gasteiger partial charge on any atom is 1.00 e. The molecule has 0 heterocycles. The van der Waals surface area contributed by atoms with Crippen LogP contribution in [0.5, 0.6) is 5.75 Å². The zero-order valence-electron chi connectivity index (χ0n) is 8.35. The van der Waals surface area contributed by atoms with Crippen LogP contribution in [-0.4, -0.2) is 18.1 Å². The number of aromatic hydroxyl groups is 1. The molecule has 1 rings (SSSR count). The van der Waals surface area contributed by atoms with Crippen molar-refractivity contribution in [2.24, 2.45) is 0 Å². The molecule has 1 aromatic rings. The first-order chi connectivity index (χ1) is 5.41. The normalized spacial score (nSPS) is 10.6. The van der Waals surface area contributed by atoms with Gasteiger partial charge in [0, 0.05) is 0 Å². The van der Waals surface area contributed by atoms with Crippen molar-refractivity contribution in [2.45, 2.75) is 11.8 Å². The molecule has 2 N–H and O–H groups in total. The zero-order valence-corrected chi connectivity index (χ0v) is 8.17. The van der Waals surface area contributed by atoms with E-state index in [1.165, 1.54) is 19.1 Å². The Balaban J connectivity index is 0. The van der Waals surface area contributed by atoms with E-state index in [1.54, 1.807) is 0 Å². The van der Waals surface area contributed by atoms with Gasteiger partial charge in [-0.25, -0.2) is 0 Å². The van der Waals surface area contributed by atoms with Crippen molar-refractivity contribution in [3.63, 3.8) is 0 Å². The molecule has 68 valence electrons. The first-order valence-corrected chi connectivity index (χ1v) is 4.62. The van der Waals surface area contributed by atoms with Crippen LogP contribution in [0.4, 0.5) is 0 Å². The van der Waals surface area contributed by atoms with Crippen LogP contribution in [0.25, 0.3) is 0 Å². The zero-order chi connectivity index (χ0) is 9.35. The molecule has 0 fully saturated rings. The van der Waals surface area contributed by atoms with Gasteiger partial charge in [0.25, 0.3) is 10.1 Å². The topological polar surface area (TPSA) is 74.6 Å². The molecule has 0 spiro atoms. The first-order valence-electron chi connectivity index (χ1n) is 3.18. The van der Waals surface area contributed by atoms with Gasteiger partial charge >= 0.3 is 18.9 Å². The second kappa shape index (κ2) is 4.16. The maximum absolute atomic E-state index is 10.6. The SMILES string of the molecule is Cc1cc(O)ccc1S(=O)(=O)O.[H-].[Li+]. The number of benzene rings is 1. The second-order valence-electron chi connectivity index (χ2n) is 2.42. The minimum atomic E-state index is -4.16. The Morgan fingerprint density at radius 2 is 1.92 bits per heavy atom. The van der Waals surface area contributed by atoms with Gasteiger partial charge in [-0.15, -0.1) is 0 Å². The van der Waals surface area contributed by atoms with E-state index in [1.807, 2.05) is 0 Å². The van der Waals surface area contributed by atoms with Gasteiger partial charge < -0.3 is 6.53 Å². The van der Waals surface area contributed by atoms with Gasteiger partial charge in [0.2, 0.25) is 0 Å². The number of phenolic OH excluding ortho intramolecular Hbond substituents is 1. The first kappa shape index (κ1) is 12.5. The van der Waals surface area contributed by atoms with Crippen LogP contribution in [0.3, 0.4) is 0 Å². The van der Waals surface area contributed by atoms with Gasteiger partial charge in [-0.05, 0) is 30.7 Å². The van der Waals surface area contributed by atoms with Crippen molar-refractivity contribution in [3.05, 3.63) is 23.8 Å². The minimum absolute atomic E-state index is 0. The molecule has 0 atom stereocenters. The van der Waals surface area contributed by atoms with Crippen LogP contribution in [-0.2, 0) is 10.1 Å². The molecule has 0 aliphatic heterocycles. The summed E-state index contributed by atoms with van der Waals surface area (Å²) in [6.45, 7) is 1.49. The fourth-order valence-corrected chi connectivity index (χ4v) is 1.63. The molecule has 4 nitrogen and oxygen atoms in total. The number of hydrogen-bond acceptors (Lipinski definition) is 3. The monoisotopic (exact) mass is 196 g/mol. The molecule has 13 heavy (non-hydrogen) atoms. The van der Waals surface area contributed by atoms with Crippen molar-refractivity contribution in [1.82, 2.24) is 0 Å².